The van der Waals surface area contributed by atoms with Gasteiger partial charge in [0.05, 0.1) is 17.9 Å². The van der Waals surface area contributed by atoms with Gasteiger partial charge in [0.2, 0.25) is 0 Å². The Labute approximate surface area is 380 Å². The fourth-order valence-corrected chi connectivity index (χ4v) is 10.7. The molecular formula is C59H36N4S. The lowest BCUT2D eigenvalue weighted by Gasteiger charge is -2.14. The van der Waals surface area contributed by atoms with Gasteiger partial charge in [-0.3, -0.25) is 0 Å². The SMILES string of the molecule is [2H]c1c([2H])c([2H])c(-c2nc(-c3cc4ccccc4c4ccccc34)nc(-c3cc(-n4c5ccccc5c5ccccc54)cc4c3sc3c(-c5ccc(-c6ccccc6)cc5)cccc34)n2)c([2H])c1[2H]. The molecule has 0 fully saturated rings. The summed E-state index contributed by atoms with van der Waals surface area (Å²) < 4.78 is 48.5. The molecule has 0 atom stereocenters. The van der Waals surface area contributed by atoms with E-state index in [1.54, 1.807) is 11.3 Å². The van der Waals surface area contributed by atoms with Gasteiger partial charge in [-0.1, -0.05) is 188 Å². The molecule has 0 spiro atoms. The van der Waals surface area contributed by atoms with Gasteiger partial charge in [0.15, 0.2) is 17.5 Å². The molecule has 0 amide bonds. The van der Waals surface area contributed by atoms with Crippen LogP contribution >= 0.6 is 11.3 Å². The summed E-state index contributed by atoms with van der Waals surface area (Å²) in [6.07, 6.45) is 0. The van der Waals surface area contributed by atoms with Crippen LogP contribution in [0.5, 0.6) is 0 Å². The van der Waals surface area contributed by atoms with Crippen molar-refractivity contribution in [1.82, 2.24) is 19.5 Å². The van der Waals surface area contributed by atoms with Crippen molar-refractivity contribution in [3.05, 3.63) is 218 Å². The Bertz CT molecular complexity index is 4180. The summed E-state index contributed by atoms with van der Waals surface area (Å²) in [6, 6.07) is 63.0. The van der Waals surface area contributed by atoms with Crippen LogP contribution in [0.3, 0.4) is 0 Å². The zero-order valence-corrected chi connectivity index (χ0v) is 34.9. The molecule has 5 heteroatoms. The van der Waals surface area contributed by atoms with Crippen LogP contribution in [0.15, 0.2) is 218 Å². The largest absolute Gasteiger partial charge is 0.309 e. The molecule has 298 valence electrons. The molecule has 4 nitrogen and oxygen atoms in total. The Morgan fingerprint density at radius 1 is 0.359 bits per heavy atom. The Hall–Kier alpha value is -8.25. The quantitative estimate of drug-likeness (QED) is 0.157. The van der Waals surface area contributed by atoms with Crippen LogP contribution in [0.25, 0.3) is 126 Å². The maximum atomic E-state index is 9.14. The monoisotopic (exact) mass is 837 g/mol. The Morgan fingerprint density at radius 3 is 1.67 bits per heavy atom. The summed E-state index contributed by atoms with van der Waals surface area (Å²) in [7, 11) is 0. The van der Waals surface area contributed by atoms with E-state index in [-0.39, 0.29) is 23.5 Å². The predicted octanol–water partition coefficient (Wildman–Crippen LogP) is 16.0. The van der Waals surface area contributed by atoms with Crippen LogP contribution in [0, 0.1) is 0 Å². The third-order valence-corrected chi connectivity index (χ3v) is 13.6. The van der Waals surface area contributed by atoms with Gasteiger partial charge in [-0.05, 0) is 74.1 Å². The standard InChI is InChI=1S/C59H36N4S/c1-3-16-37(17-4-1)38-30-32-39(33-31-38)44-26-15-27-49-50-35-42(63-53-28-13-11-24-47(53)48-25-12-14-29-54(48)63)36-52(56(50)64-55(44)49)59-61-57(40-18-5-2-6-19-40)60-58(62-59)51-34-41-20-7-8-21-43(41)45-22-9-10-23-46(45)51/h1-36H/i2D,5D,6D,18D,19D. The topological polar surface area (TPSA) is 43.6 Å². The van der Waals surface area contributed by atoms with Gasteiger partial charge in [-0.2, -0.15) is 0 Å². The van der Waals surface area contributed by atoms with E-state index in [0.717, 1.165) is 103 Å². The lowest BCUT2D eigenvalue weighted by Crippen LogP contribution is -2.02. The molecule has 0 aliphatic heterocycles. The van der Waals surface area contributed by atoms with Crippen LogP contribution in [0.4, 0.5) is 0 Å². The molecule has 0 aliphatic carbocycles. The number of rotatable bonds is 6. The third kappa shape index (κ3) is 5.86. The molecule has 0 unspecified atom stereocenters. The molecule has 0 saturated heterocycles. The van der Waals surface area contributed by atoms with Gasteiger partial charge in [0.25, 0.3) is 0 Å². The summed E-state index contributed by atoms with van der Waals surface area (Å²) in [5, 5.41) is 8.32. The Balaban J connectivity index is 1.14. The van der Waals surface area contributed by atoms with Crippen molar-refractivity contribution in [2.75, 3.05) is 0 Å². The third-order valence-electron chi connectivity index (χ3n) is 12.3. The number of hydrogen-bond donors (Lipinski definition) is 0. The molecule has 0 bridgehead atoms. The smallest absolute Gasteiger partial charge is 0.165 e. The van der Waals surface area contributed by atoms with E-state index in [9.17, 15) is 0 Å². The van der Waals surface area contributed by atoms with E-state index in [1.165, 1.54) is 0 Å². The van der Waals surface area contributed by atoms with Gasteiger partial charge < -0.3 is 4.57 Å². The maximum absolute atomic E-state index is 9.14. The average molecular weight is 838 g/mol. The van der Waals surface area contributed by atoms with Gasteiger partial charge in [0, 0.05) is 53.3 Å². The number of hydrogen-bond acceptors (Lipinski definition) is 4. The lowest BCUT2D eigenvalue weighted by molar-refractivity contribution is 1.08. The fraction of sp³-hybridized carbons (Fsp3) is 0. The first-order valence-electron chi connectivity index (χ1n) is 23.7. The highest BCUT2D eigenvalue weighted by Crippen LogP contribution is 2.46. The van der Waals surface area contributed by atoms with Gasteiger partial charge in [-0.25, -0.2) is 15.0 Å². The van der Waals surface area contributed by atoms with E-state index in [0.29, 0.717) is 11.6 Å². The van der Waals surface area contributed by atoms with E-state index in [2.05, 4.69) is 156 Å². The first-order valence-corrected chi connectivity index (χ1v) is 22.0. The van der Waals surface area contributed by atoms with Crippen molar-refractivity contribution in [2.24, 2.45) is 0 Å². The highest BCUT2D eigenvalue weighted by molar-refractivity contribution is 7.26. The lowest BCUT2D eigenvalue weighted by atomic mass is 9.97. The predicted molar refractivity (Wildman–Crippen MR) is 269 cm³/mol. The summed E-state index contributed by atoms with van der Waals surface area (Å²) in [5.41, 5.74) is 8.82. The molecule has 0 aliphatic rings. The number of nitrogens with zero attached hydrogens (tertiary/aromatic N) is 4. The molecule has 13 aromatic rings. The van der Waals surface area contributed by atoms with E-state index >= 15 is 0 Å². The minimum absolute atomic E-state index is 0.0139. The molecule has 0 radical (unpaired) electrons. The molecule has 64 heavy (non-hydrogen) atoms. The van der Waals surface area contributed by atoms with Crippen LogP contribution in [0.2, 0.25) is 0 Å². The Morgan fingerprint density at radius 2 is 0.922 bits per heavy atom. The first kappa shape index (κ1) is 31.6. The summed E-state index contributed by atoms with van der Waals surface area (Å²) >= 11 is 1.67. The highest BCUT2D eigenvalue weighted by Gasteiger charge is 2.22. The van der Waals surface area contributed by atoms with Crippen LogP contribution in [0.1, 0.15) is 6.85 Å². The summed E-state index contributed by atoms with van der Waals surface area (Å²) in [6.45, 7) is 0. The second-order valence-corrected chi connectivity index (χ2v) is 17.0. The van der Waals surface area contributed by atoms with E-state index in [1.807, 2.05) is 36.4 Å². The Kier molecular flexibility index (Phi) is 7.25. The van der Waals surface area contributed by atoms with Crippen molar-refractivity contribution in [1.29, 1.82) is 0 Å². The highest BCUT2D eigenvalue weighted by atomic mass is 32.1. The van der Waals surface area contributed by atoms with E-state index in [4.69, 9.17) is 21.8 Å². The molecule has 3 aromatic heterocycles. The minimum Gasteiger partial charge on any atom is -0.309 e. The number of para-hydroxylation sites is 2. The molecule has 0 N–H and O–H groups in total. The molecule has 10 aromatic carbocycles. The number of thiophene rings is 1. The molecular weight excluding hydrogens is 797 g/mol. The normalized spacial score (nSPS) is 12.8. The van der Waals surface area contributed by atoms with Gasteiger partial charge >= 0.3 is 0 Å². The van der Waals surface area contributed by atoms with Gasteiger partial charge in [-0.15, -0.1) is 11.3 Å². The zero-order valence-electron chi connectivity index (χ0n) is 39.1. The molecule has 3 heterocycles. The average Bonchev–Trinajstić information content (AvgIpc) is 3.95. The molecule has 13 rings (SSSR count). The maximum Gasteiger partial charge on any atom is 0.165 e. The number of fused-ring (bicyclic) bond motifs is 9. The first-order chi connectivity index (χ1) is 33.8. The van der Waals surface area contributed by atoms with Crippen molar-refractivity contribution in [3.8, 4) is 62.1 Å². The van der Waals surface area contributed by atoms with Crippen molar-refractivity contribution >= 4 is 74.9 Å². The van der Waals surface area contributed by atoms with Gasteiger partial charge in [0.1, 0.15) is 0 Å². The number of aromatic nitrogens is 4. The van der Waals surface area contributed by atoms with Crippen molar-refractivity contribution in [3.63, 3.8) is 0 Å². The molecule has 0 saturated carbocycles. The zero-order chi connectivity index (χ0) is 46.5. The summed E-state index contributed by atoms with van der Waals surface area (Å²) in [4.78, 5) is 15.6. The van der Waals surface area contributed by atoms with Crippen molar-refractivity contribution < 1.29 is 6.85 Å². The van der Waals surface area contributed by atoms with E-state index < -0.39 is 18.1 Å². The summed E-state index contributed by atoms with van der Waals surface area (Å²) in [5.74, 6) is 0.617. The van der Waals surface area contributed by atoms with Crippen LogP contribution in [-0.4, -0.2) is 19.5 Å². The van der Waals surface area contributed by atoms with Crippen molar-refractivity contribution in [2.45, 2.75) is 0 Å². The minimum atomic E-state index is -0.486. The second kappa shape index (κ2) is 14.7. The number of benzene rings is 10. The fourth-order valence-electron chi connectivity index (χ4n) is 9.41. The van der Waals surface area contributed by atoms with Crippen LogP contribution < -0.4 is 0 Å². The van der Waals surface area contributed by atoms with Crippen LogP contribution in [-0.2, 0) is 0 Å². The second-order valence-electron chi connectivity index (χ2n) is 16.0.